The zero-order valence-corrected chi connectivity index (χ0v) is 19.5. The molecule has 0 unspecified atom stereocenters. The van der Waals surface area contributed by atoms with Gasteiger partial charge >= 0.3 is 0 Å². The van der Waals surface area contributed by atoms with Crippen molar-refractivity contribution in [3.63, 3.8) is 0 Å². The first-order valence-corrected chi connectivity index (χ1v) is 12.3. The highest BCUT2D eigenvalue weighted by Gasteiger charge is 2.55. The van der Waals surface area contributed by atoms with Crippen LogP contribution in [0.5, 0.6) is 5.75 Å². The second-order valence-electron chi connectivity index (χ2n) is 9.07. The first-order chi connectivity index (χ1) is 15.0. The number of hydrogen-bond acceptors (Lipinski definition) is 6. The summed E-state index contributed by atoms with van der Waals surface area (Å²) in [6.45, 7) is 6.11. The second kappa shape index (κ2) is 8.19. The van der Waals surface area contributed by atoms with Gasteiger partial charge in [0.15, 0.2) is 16.4 Å². The van der Waals surface area contributed by atoms with Crippen LogP contribution in [0.15, 0.2) is 41.4 Å². The van der Waals surface area contributed by atoms with Crippen LogP contribution in [0.25, 0.3) is 0 Å². The maximum atomic E-state index is 13.4. The smallest absolute Gasteiger partial charge is 0.281 e. The van der Waals surface area contributed by atoms with Crippen LogP contribution in [0.3, 0.4) is 0 Å². The average molecular weight is 482 g/mol. The second-order valence-corrected chi connectivity index (χ2v) is 11.1. The van der Waals surface area contributed by atoms with E-state index in [1.165, 1.54) is 6.07 Å². The van der Waals surface area contributed by atoms with Gasteiger partial charge in [0.25, 0.3) is 15.9 Å². The summed E-state index contributed by atoms with van der Waals surface area (Å²) in [6.07, 6.45) is 2.68. The maximum Gasteiger partial charge on any atom is 0.281 e. The highest BCUT2D eigenvalue weighted by atomic mass is 35.5. The topological polar surface area (TPSA) is 88.6 Å². The minimum Gasteiger partial charge on any atom is -0.474 e. The Kier molecular flexibility index (Phi) is 5.83. The number of carbonyl (C=O) groups excluding carboxylic acids is 1. The molecule has 1 saturated heterocycles. The van der Waals surface area contributed by atoms with Crippen molar-refractivity contribution in [1.29, 1.82) is 0 Å². The lowest BCUT2D eigenvalue weighted by molar-refractivity contribution is -0.127. The molecule has 1 aromatic heterocycles. The van der Waals surface area contributed by atoms with Gasteiger partial charge in [0.1, 0.15) is 0 Å². The van der Waals surface area contributed by atoms with E-state index in [9.17, 15) is 17.6 Å². The van der Waals surface area contributed by atoms with Gasteiger partial charge in [0.05, 0.1) is 10.7 Å². The molecule has 0 spiro atoms. The molecule has 2 aromatic rings. The Morgan fingerprint density at radius 1 is 1.12 bits per heavy atom. The third kappa shape index (κ3) is 4.68. The summed E-state index contributed by atoms with van der Waals surface area (Å²) in [5, 5.41) is -0.225. The normalized spacial score (nSPS) is 19.3. The molecule has 1 aliphatic heterocycles. The van der Waals surface area contributed by atoms with Crippen molar-refractivity contribution in [1.82, 2.24) is 9.71 Å². The quantitative estimate of drug-likeness (QED) is 0.629. The molecule has 2 fully saturated rings. The van der Waals surface area contributed by atoms with Gasteiger partial charge < -0.3 is 9.64 Å². The Labute approximate surface area is 192 Å². The summed E-state index contributed by atoms with van der Waals surface area (Å²) in [4.78, 5) is 18.4. The van der Waals surface area contributed by atoms with Crippen LogP contribution in [-0.2, 0) is 14.8 Å². The minimum atomic E-state index is -4.35. The molecule has 10 heteroatoms. The number of halogens is 2. The Hall–Kier alpha value is -2.39. The first kappa shape index (κ1) is 22.8. The third-order valence-electron chi connectivity index (χ3n) is 6.01. The van der Waals surface area contributed by atoms with E-state index >= 15 is 0 Å². The van der Waals surface area contributed by atoms with E-state index < -0.39 is 32.5 Å². The zero-order valence-electron chi connectivity index (χ0n) is 17.9. The lowest BCUT2D eigenvalue weighted by Crippen LogP contribution is -2.44. The van der Waals surface area contributed by atoms with E-state index in [2.05, 4.69) is 23.7 Å². The minimum absolute atomic E-state index is 0.257. The van der Waals surface area contributed by atoms with Gasteiger partial charge in [-0.1, -0.05) is 37.6 Å². The van der Waals surface area contributed by atoms with Gasteiger partial charge in [-0.05, 0) is 42.5 Å². The number of nitrogens with one attached hydrogen (secondary N) is 1. The van der Waals surface area contributed by atoms with Crippen LogP contribution in [0.4, 0.5) is 10.1 Å². The molecule has 1 aromatic carbocycles. The first-order valence-electron chi connectivity index (χ1n) is 10.4. The zero-order chi connectivity index (χ0) is 23.1. The van der Waals surface area contributed by atoms with Gasteiger partial charge in [-0.2, -0.15) is 12.8 Å². The molecular formula is C22H25ClFN3O4S. The summed E-state index contributed by atoms with van der Waals surface area (Å²) < 4.78 is 46.5. The highest BCUT2D eigenvalue weighted by molar-refractivity contribution is 7.90. The van der Waals surface area contributed by atoms with Crippen molar-refractivity contribution in [2.24, 2.45) is 5.41 Å². The number of aromatic nitrogens is 1. The van der Waals surface area contributed by atoms with E-state index in [1.54, 1.807) is 6.07 Å². The summed E-state index contributed by atoms with van der Waals surface area (Å²) in [6, 6.07) is 8.73. The van der Waals surface area contributed by atoms with Crippen molar-refractivity contribution in [2.45, 2.75) is 50.2 Å². The molecule has 172 valence electrons. The van der Waals surface area contributed by atoms with Gasteiger partial charge in [-0.15, -0.1) is 0 Å². The molecule has 2 heterocycles. The number of pyridine rings is 1. The molecular weight excluding hydrogens is 457 g/mol. The highest BCUT2D eigenvalue weighted by Crippen LogP contribution is 2.47. The van der Waals surface area contributed by atoms with Crippen molar-refractivity contribution >= 4 is 33.2 Å². The molecule has 4 rings (SSSR count). The number of carbonyl (C=O) groups is 1. The van der Waals surface area contributed by atoms with Crippen molar-refractivity contribution in [3.8, 4) is 5.75 Å². The fourth-order valence-electron chi connectivity index (χ4n) is 3.69. The summed E-state index contributed by atoms with van der Waals surface area (Å²) in [5.74, 6) is -1.42. The lowest BCUT2D eigenvalue weighted by atomic mass is 9.82. The van der Waals surface area contributed by atoms with Crippen molar-refractivity contribution in [3.05, 3.63) is 47.4 Å². The van der Waals surface area contributed by atoms with Gasteiger partial charge in [-0.25, -0.2) is 9.71 Å². The van der Waals surface area contributed by atoms with Crippen molar-refractivity contribution < 1.29 is 22.3 Å². The molecule has 1 saturated carbocycles. The van der Waals surface area contributed by atoms with Gasteiger partial charge in [-0.3, -0.25) is 4.79 Å². The molecule has 1 amide bonds. The van der Waals surface area contributed by atoms with E-state index in [0.29, 0.717) is 23.6 Å². The predicted molar refractivity (Wildman–Crippen MR) is 119 cm³/mol. The standard InChI is InChI=1S/C22H25ClFN3O4S/c1-21(2)11-13-27(14-12-21)16-6-3-5-15(23)19(16)31-22(9-10-22)20(28)26-32(29,30)18-8-4-7-17(24)25-18/h3-8H,9-14H2,1-2H3,(H,26,28). The largest absolute Gasteiger partial charge is 0.474 e. The monoisotopic (exact) mass is 481 g/mol. The average Bonchev–Trinajstić information content (AvgIpc) is 3.50. The number of nitrogens with zero attached hydrogens (tertiary/aromatic N) is 2. The number of para-hydroxylation sites is 1. The molecule has 0 atom stereocenters. The van der Waals surface area contributed by atoms with Crippen LogP contribution in [0.2, 0.25) is 5.02 Å². The molecule has 32 heavy (non-hydrogen) atoms. The number of ether oxygens (including phenoxy) is 1. The Morgan fingerprint density at radius 3 is 2.41 bits per heavy atom. The van der Waals surface area contributed by atoms with E-state index in [1.807, 2.05) is 16.9 Å². The number of anilines is 1. The molecule has 2 aliphatic rings. The molecule has 1 aliphatic carbocycles. The Morgan fingerprint density at radius 2 is 1.78 bits per heavy atom. The lowest BCUT2D eigenvalue weighted by Gasteiger charge is -2.39. The van der Waals surface area contributed by atoms with Crippen LogP contribution >= 0.6 is 11.6 Å². The Bertz CT molecular complexity index is 1140. The summed E-state index contributed by atoms with van der Waals surface area (Å²) in [7, 11) is -4.35. The number of amides is 1. The van der Waals surface area contributed by atoms with Gasteiger partial charge in [0, 0.05) is 25.9 Å². The Balaban J connectivity index is 1.55. The molecule has 0 radical (unpaired) electrons. The third-order valence-corrected chi connectivity index (χ3v) is 7.54. The van der Waals surface area contributed by atoms with E-state index in [0.717, 1.165) is 43.8 Å². The number of rotatable bonds is 6. The number of piperidine rings is 1. The number of benzene rings is 1. The fraction of sp³-hybridized carbons (Fsp3) is 0.455. The van der Waals surface area contributed by atoms with Gasteiger partial charge in [0.2, 0.25) is 5.95 Å². The maximum absolute atomic E-state index is 13.4. The molecule has 0 bridgehead atoms. The summed E-state index contributed by atoms with van der Waals surface area (Å²) in [5.41, 5.74) is -0.316. The number of hydrogen-bond donors (Lipinski definition) is 1. The number of sulfonamides is 1. The fourth-order valence-corrected chi connectivity index (χ4v) is 4.90. The summed E-state index contributed by atoms with van der Waals surface area (Å²) >= 11 is 6.44. The van der Waals surface area contributed by atoms with Crippen LogP contribution < -0.4 is 14.4 Å². The SMILES string of the molecule is CC1(C)CCN(c2cccc(Cl)c2OC2(C(=O)NS(=O)(=O)c3cccc(F)n3)CC2)CC1. The van der Waals surface area contributed by atoms with Crippen molar-refractivity contribution in [2.75, 3.05) is 18.0 Å². The molecule has 1 N–H and O–H groups in total. The predicted octanol–water partition coefficient (Wildman–Crippen LogP) is 3.92. The van der Waals surface area contributed by atoms with Crippen LogP contribution in [0.1, 0.15) is 39.5 Å². The van der Waals surface area contributed by atoms with Crippen LogP contribution in [0, 0.1) is 11.4 Å². The molecule has 7 nitrogen and oxygen atoms in total. The van der Waals surface area contributed by atoms with E-state index in [4.69, 9.17) is 16.3 Å². The van der Waals surface area contributed by atoms with Crippen LogP contribution in [-0.4, -0.2) is 38.0 Å². The van der Waals surface area contributed by atoms with E-state index in [-0.39, 0.29) is 5.41 Å².